The number of aromatic amines is 1. The minimum atomic E-state index is -0.498. The number of aryl methyl sites for hydroxylation is 1. The zero-order chi connectivity index (χ0) is 9.97. The van der Waals surface area contributed by atoms with Crippen molar-refractivity contribution in [1.29, 1.82) is 0 Å². The van der Waals surface area contributed by atoms with Crippen molar-refractivity contribution in [2.24, 2.45) is 0 Å². The van der Waals surface area contributed by atoms with E-state index in [-0.39, 0.29) is 0 Å². The van der Waals surface area contributed by atoms with E-state index in [9.17, 15) is 4.39 Å². The van der Waals surface area contributed by atoms with Gasteiger partial charge in [0.25, 0.3) is 0 Å². The molecule has 2 aromatic rings. The van der Waals surface area contributed by atoms with Crippen molar-refractivity contribution in [2.75, 3.05) is 0 Å². The van der Waals surface area contributed by atoms with Gasteiger partial charge in [-0.3, -0.25) is 5.10 Å². The van der Waals surface area contributed by atoms with Crippen molar-refractivity contribution >= 4 is 11.8 Å². The summed E-state index contributed by atoms with van der Waals surface area (Å²) in [5.41, 5.74) is 0. The van der Waals surface area contributed by atoms with Crippen molar-refractivity contribution in [3.63, 3.8) is 0 Å². The van der Waals surface area contributed by atoms with E-state index in [1.54, 1.807) is 6.07 Å². The van der Waals surface area contributed by atoms with E-state index in [4.69, 9.17) is 0 Å². The molecule has 2 rings (SSSR count). The number of nitrogens with one attached hydrogen (secondary N) is 1. The molecule has 72 valence electrons. The maximum absolute atomic E-state index is 12.7. The van der Waals surface area contributed by atoms with Gasteiger partial charge in [0, 0.05) is 17.2 Å². The van der Waals surface area contributed by atoms with Gasteiger partial charge < -0.3 is 0 Å². The summed E-state index contributed by atoms with van der Waals surface area (Å²) in [6.45, 7) is 1.81. The molecule has 4 nitrogen and oxygen atoms in total. The van der Waals surface area contributed by atoms with Crippen LogP contribution in [0, 0.1) is 12.9 Å². The second-order valence-corrected chi connectivity index (χ2v) is 3.66. The van der Waals surface area contributed by atoms with Crippen molar-refractivity contribution < 1.29 is 4.39 Å². The number of halogens is 1. The highest BCUT2D eigenvalue weighted by Gasteiger charge is 2.03. The van der Waals surface area contributed by atoms with Gasteiger partial charge in [0.2, 0.25) is 11.1 Å². The Morgan fingerprint density at radius 2 is 2.36 bits per heavy atom. The molecule has 0 saturated heterocycles. The molecule has 0 atom stereocenters. The number of nitrogens with zero attached hydrogens (tertiary/aromatic N) is 3. The summed E-state index contributed by atoms with van der Waals surface area (Å²) in [7, 11) is 0. The fourth-order valence-electron chi connectivity index (χ4n) is 0.921. The number of hydrogen-bond donors (Lipinski definition) is 1. The Hall–Kier alpha value is -1.43. The van der Waals surface area contributed by atoms with E-state index in [0.717, 1.165) is 10.7 Å². The lowest BCUT2D eigenvalue weighted by Gasteiger charge is -1.94. The summed E-state index contributed by atoms with van der Waals surface area (Å²) < 4.78 is 12.7. The molecule has 2 heterocycles. The van der Waals surface area contributed by atoms with Crippen LogP contribution in [0.5, 0.6) is 0 Å². The van der Waals surface area contributed by atoms with Gasteiger partial charge in [0.1, 0.15) is 5.82 Å². The third kappa shape index (κ3) is 2.08. The number of hydrogen-bond acceptors (Lipinski definition) is 4. The lowest BCUT2D eigenvalue weighted by molar-refractivity contribution is 0.579. The predicted octanol–water partition coefficient (Wildman–Crippen LogP) is 1.80. The SMILES string of the molecule is Cc1nc(Sc2ccnc(F)c2)n[nH]1. The smallest absolute Gasteiger partial charge is 0.213 e. The van der Waals surface area contributed by atoms with E-state index in [0.29, 0.717) is 5.16 Å². The number of rotatable bonds is 2. The minimum Gasteiger partial charge on any atom is -0.262 e. The molecule has 0 unspecified atom stereocenters. The minimum absolute atomic E-state index is 0.498. The molecule has 0 amide bonds. The van der Waals surface area contributed by atoms with Crippen LogP contribution in [-0.4, -0.2) is 20.2 Å². The molecule has 0 aliphatic heterocycles. The second kappa shape index (κ2) is 3.75. The summed E-state index contributed by atoms with van der Waals surface area (Å²) in [5.74, 6) is 0.240. The van der Waals surface area contributed by atoms with Gasteiger partial charge in [0.05, 0.1) is 0 Å². The van der Waals surface area contributed by atoms with Gasteiger partial charge in [-0.15, -0.1) is 5.10 Å². The van der Waals surface area contributed by atoms with E-state index in [1.807, 2.05) is 6.92 Å². The first-order valence-corrected chi connectivity index (χ1v) is 4.74. The van der Waals surface area contributed by atoms with Gasteiger partial charge in [-0.05, 0) is 24.8 Å². The molecule has 0 spiro atoms. The van der Waals surface area contributed by atoms with E-state index < -0.39 is 5.95 Å². The highest BCUT2D eigenvalue weighted by Crippen LogP contribution is 2.23. The summed E-state index contributed by atoms with van der Waals surface area (Å²) in [6.07, 6.45) is 1.41. The van der Waals surface area contributed by atoms with Crippen LogP contribution in [-0.2, 0) is 0 Å². The number of aromatic nitrogens is 4. The molecule has 6 heteroatoms. The van der Waals surface area contributed by atoms with Crippen LogP contribution >= 0.6 is 11.8 Å². The normalized spacial score (nSPS) is 10.4. The van der Waals surface area contributed by atoms with Crippen LogP contribution in [0.4, 0.5) is 4.39 Å². The molecule has 0 saturated carbocycles. The van der Waals surface area contributed by atoms with Gasteiger partial charge in [-0.25, -0.2) is 9.97 Å². The lowest BCUT2D eigenvalue weighted by Crippen LogP contribution is -1.82. The van der Waals surface area contributed by atoms with Crippen LogP contribution in [0.3, 0.4) is 0 Å². The number of pyridine rings is 1. The van der Waals surface area contributed by atoms with Crippen molar-refractivity contribution in [3.05, 3.63) is 30.1 Å². The highest BCUT2D eigenvalue weighted by molar-refractivity contribution is 7.99. The van der Waals surface area contributed by atoms with Crippen LogP contribution < -0.4 is 0 Å². The van der Waals surface area contributed by atoms with Crippen LogP contribution in [0.1, 0.15) is 5.82 Å². The van der Waals surface area contributed by atoms with E-state index >= 15 is 0 Å². The Labute approximate surface area is 84.0 Å². The maximum atomic E-state index is 12.7. The molecule has 0 aliphatic carbocycles. The average molecular weight is 210 g/mol. The summed E-state index contributed by atoms with van der Waals surface area (Å²) in [6, 6.07) is 3.05. The highest BCUT2D eigenvalue weighted by atomic mass is 32.2. The molecule has 0 bridgehead atoms. The van der Waals surface area contributed by atoms with Crippen molar-refractivity contribution in [3.8, 4) is 0 Å². The zero-order valence-corrected chi connectivity index (χ0v) is 8.18. The van der Waals surface area contributed by atoms with Gasteiger partial charge in [0.15, 0.2) is 0 Å². The molecule has 14 heavy (non-hydrogen) atoms. The Bertz CT molecular complexity index is 442. The number of H-pyrrole nitrogens is 1. The van der Waals surface area contributed by atoms with E-state index in [2.05, 4.69) is 20.2 Å². The van der Waals surface area contributed by atoms with Gasteiger partial charge in [-0.2, -0.15) is 4.39 Å². The zero-order valence-electron chi connectivity index (χ0n) is 7.36. The molecule has 0 aromatic carbocycles. The van der Waals surface area contributed by atoms with Crippen molar-refractivity contribution in [1.82, 2.24) is 20.2 Å². The predicted molar refractivity (Wildman–Crippen MR) is 49.4 cm³/mol. The first-order valence-electron chi connectivity index (χ1n) is 3.92. The van der Waals surface area contributed by atoms with Crippen LogP contribution in [0.2, 0.25) is 0 Å². The molecule has 0 radical (unpaired) electrons. The molecule has 0 fully saturated rings. The molecule has 1 N–H and O–H groups in total. The Morgan fingerprint density at radius 1 is 1.50 bits per heavy atom. The fourth-order valence-corrected chi connectivity index (χ4v) is 1.69. The van der Waals surface area contributed by atoms with E-state index in [1.165, 1.54) is 24.0 Å². The molecular weight excluding hydrogens is 203 g/mol. The Morgan fingerprint density at radius 3 is 3.00 bits per heavy atom. The molecular formula is C8H7FN4S. The second-order valence-electron chi connectivity index (χ2n) is 2.62. The monoisotopic (exact) mass is 210 g/mol. The summed E-state index contributed by atoms with van der Waals surface area (Å²) >= 11 is 1.29. The average Bonchev–Trinajstić information content (AvgIpc) is 2.51. The Kier molecular flexibility index (Phi) is 2.45. The third-order valence-corrected chi connectivity index (χ3v) is 2.34. The molecule has 2 aromatic heterocycles. The first-order chi connectivity index (χ1) is 6.74. The first kappa shape index (κ1) is 9.14. The third-order valence-electron chi connectivity index (χ3n) is 1.48. The summed E-state index contributed by atoms with van der Waals surface area (Å²) in [4.78, 5) is 8.28. The van der Waals surface area contributed by atoms with Crippen molar-refractivity contribution in [2.45, 2.75) is 17.0 Å². The summed E-state index contributed by atoms with van der Waals surface area (Å²) in [5, 5.41) is 7.21. The Balaban J connectivity index is 2.18. The fraction of sp³-hybridized carbons (Fsp3) is 0.125. The molecule has 0 aliphatic rings. The quantitative estimate of drug-likeness (QED) is 0.768. The van der Waals surface area contributed by atoms with Gasteiger partial charge >= 0.3 is 0 Å². The lowest BCUT2D eigenvalue weighted by atomic mass is 10.5. The van der Waals surface area contributed by atoms with Gasteiger partial charge in [-0.1, -0.05) is 0 Å². The standard InChI is InChI=1S/C8H7FN4S/c1-5-11-8(13-12-5)14-6-2-3-10-7(9)4-6/h2-4H,1H3,(H,11,12,13). The van der Waals surface area contributed by atoms with Crippen LogP contribution in [0.15, 0.2) is 28.4 Å². The topological polar surface area (TPSA) is 54.5 Å². The largest absolute Gasteiger partial charge is 0.262 e. The van der Waals surface area contributed by atoms with Crippen LogP contribution in [0.25, 0.3) is 0 Å². The maximum Gasteiger partial charge on any atom is 0.213 e.